The minimum atomic E-state index is 0.277. The van der Waals surface area contributed by atoms with Gasteiger partial charge in [-0.05, 0) is 6.92 Å². The summed E-state index contributed by atoms with van der Waals surface area (Å²) in [5.74, 6) is 0. The molecule has 0 nitrogen and oxygen atoms in total. The summed E-state index contributed by atoms with van der Waals surface area (Å²) >= 11 is 16.2. The van der Waals surface area contributed by atoms with Gasteiger partial charge in [0.1, 0.15) is 0 Å². The lowest BCUT2D eigenvalue weighted by Gasteiger charge is -1.91. The Balaban J connectivity index is 4.23. The zero-order valence-electron chi connectivity index (χ0n) is 4.34. The summed E-state index contributed by atoms with van der Waals surface area (Å²) < 4.78 is 0. The molecule has 0 rings (SSSR count). The molecule has 0 aromatic heterocycles. The van der Waals surface area contributed by atoms with Crippen molar-refractivity contribution < 1.29 is 0 Å². The standard InChI is InChI=1S/C5H5Cl3/c1-3(6)5(8)4(2)7/h1H2,2H3/b5-4-. The molecule has 0 aliphatic rings. The van der Waals surface area contributed by atoms with E-state index in [1.807, 2.05) is 0 Å². The second kappa shape index (κ2) is 3.39. The average Bonchev–Trinajstić information content (AvgIpc) is 1.64. The van der Waals surface area contributed by atoms with Crippen LogP contribution in [-0.4, -0.2) is 0 Å². The summed E-state index contributed by atoms with van der Waals surface area (Å²) in [6.07, 6.45) is 0. The Morgan fingerprint density at radius 3 is 1.62 bits per heavy atom. The molecule has 0 saturated heterocycles. The van der Waals surface area contributed by atoms with Gasteiger partial charge in [0.2, 0.25) is 0 Å². The maximum atomic E-state index is 5.47. The van der Waals surface area contributed by atoms with Crippen LogP contribution < -0.4 is 0 Å². The molecule has 0 bridgehead atoms. The molecular weight excluding hydrogens is 166 g/mol. The molecule has 8 heavy (non-hydrogen) atoms. The fourth-order valence-electron chi connectivity index (χ4n) is 0.187. The molecule has 0 aliphatic carbocycles. The minimum Gasteiger partial charge on any atom is -0.0878 e. The molecule has 0 aromatic carbocycles. The van der Waals surface area contributed by atoms with Crippen molar-refractivity contribution >= 4 is 34.8 Å². The van der Waals surface area contributed by atoms with Crippen LogP contribution in [0.2, 0.25) is 0 Å². The van der Waals surface area contributed by atoms with E-state index >= 15 is 0 Å². The summed E-state index contributed by atoms with van der Waals surface area (Å²) in [5.41, 5.74) is 0. The monoisotopic (exact) mass is 170 g/mol. The van der Waals surface area contributed by atoms with E-state index < -0.39 is 0 Å². The predicted octanol–water partition coefficient (Wildman–Crippen LogP) is 3.45. The van der Waals surface area contributed by atoms with E-state index in [4.69, 9.17) is 34.8 Å². The van der Waals surface area contributed by atoms with E-state index in [2.05, 4.69) is 6.58 Å². The normalized spacial score (nSPS) is 13.0. The summed E-state index contributed by atoms with van der Waals surface area (Å²) in [7, 11) is 0. The van der Waals surface area contributed by atoms with Crippen LogP contribution in [0.4, 0.5) is 0 Å². The van der Waals surface area contributed by atoms with Crippen LogP contribution in [0.15, 0.2) is 21.7 Å². The first-order chi connectivity index (χ1) is 3.55. The lowest BCUT2D eigenvalue weighted by Crippen LogP contribution is -1.69. The number of rotatable bonds is 1. The van der Waals surface area contributed by atoms with E-state index in [0.717, 1.165) is 0 Å². The summed E-state index contributed by atoms with van der Waals surface area (Å²) in [6, 6.07) is 0. The highest BCUT2D eigenvalue weighted by Crippen LogP contribution is 2.22. The predicted molar refractivity (Wildman–Crippen MR) is 39.4 cm³/mol. The second-order valence-electron chi connectivity index (χ2n) is 1.25. The van der Waals surface area contributed by atoms with Crippen LogP contribution >= 0.6 is 34.8 Å². The van der Waals surface area contributed by atoms with Gasteiger partial charge in [0.15, 0.2) is 0 Å². The molecule has 0 N–H and O–H groups in total. The van der Waals surface area contributed by atoms with Gasteiger partial charge in [-0.1, -0.05) is 41.4 Å². The molecular formula is C5H5Cl3. The van der Waals surface area contributed by atoms with Crippen molar-refractivity contribution in [1.29, 1.82) is 0 Å². The van der Waals surface area contributed by atoms with Crippen molar-refractivity contribution in [2.75, 3.05) is 0 Å². The fourth-order valence-corrected chi connectivity index (χ4v) is 0.491. The summed E-state index contributed by atoms with van der Waals surface area (Å²) in [5, 5.41) is 1.07. The maximum absolute atomic E-state index is 5.47. The molecule has 3 heteroatoms. The van der Waals surface area contributed by atoms with Gasteiger partial charge in [-0.15, -0.1) is 0 Å². The van der Waals surface area contributed by atoms with Gasteiger partial charge >= 0.3 is 0 Å². The molecule has 46 valence electrons. The highest BCUT2D eigenvalue weighted by molar-refractivity contribution is 6.47. The molecule has 0 fully saturated rings. The van der Waals surface area contributed by atoms with E-state index in [0.29, 0.717) is 10.1 Å². The van der Waals surface area contributed by atoms with Crippen molar-refractivity contribution in [3.8, 4) is 0 Å². The van der Waals surface area contributed by atoms with Crippen molar-refractivity contribution in [1.82, 2.24) is 0 Å². The van der Waals surface area contributed by atoms with Crippen LogP contribution in [-0.2, 0) is 0 Å². The average molecular weight is 171 g/mol. The first-order valence-corrected chi connectivity index (χ1v) is 3.05. The Kier molecular flexibility index (Phi) is 3.54. The third-order valence-electron chi connectivity index (χ3n) is 0.541. The van der Waals surface area contributed by atoms with Crippen LogP contribution in [0.5, 0.6) is 0 Å². The third-order valence-corrected chi connectivity index (χ3v) is 1.62. The van der Waals surface area contributed by atoms with E-state index in [1.54, 1.807) is 6.92 Å². The highest BCUT2D eigenvalue weighted by Gasteiger charge is 1.96. The van der Waals surface area contributed by atoms with Gasteiger partial charge in [-0.2, -0.15) is 0 Å². The van der Waals surface area contributed by atoms with E-state index in [1.165, 1.54) is 0 Å². The van der Waals surface area contributed by atoms with Gasteiger partial charge in [-0.25, -0.2) is 0 Å². The summed E-state index contributed by atoms with van der Waals surface area (Å²) in [4.78, 5) is 0. The fraction of sp³-hybridized carbons (Fsp3) is 0.200. The van der Waals surface area contributed by atoms with E-state index in [-0.39, 0.29) is 5.03 Å². The molecule has 0 unspecified atom stereocenters. The van der Waals surface area contributed by atoms with Crippen molar-refractivity contribution in [2.45, 2.75) is 6.92 Å². The molecule has 0 heterocycles. The summed E-state index contributed by atoms with van der Waals surface area (Å²) in [6.45, 7) is 5.02. The lowest BCUT2D eigenvalue weighted by molar-refractivity contribution is 1.62. The molecule has 0 spiro atoms. The van der Waals surface area contributed by atoms with Gasteiger partial charge in [0, 0.05) is 5.03 Å². The number of hydrogen-bond acceptors (Lipinski definition) is 0. The number of allylic oxidation sites excluding steroid dienone is 3. The maximum Gasteiger partial charge on any atom is 0.0728 e. The molecule has 0 radical (unpaired) electrons. The van der Waals surface area contributed by atoms with Crippen LogP contribution in [0.1, 0.15) is 6.92 Å². The Labute approximate surface area is 63.7 Å². The topological polar surface area (TPSA) is 0 Å². The van der Waals surface area contributed by atoms with Crippen molar-refractivity contribution in [3.05, 3.63) is 21.7 Å². The zero-order valence-corrected chi connectivity index (χ0v) is 6.61. The molecule has 0 aliphatic heterocycles. The Hall–Kier alpha value is 0.350. The Morgan fingerprint density at radius 1 is 1.25 bits per heavy atom. The number of hydrogen-bond donors (Lipinski definition) is 0. The smallest absolute Gasteiger partial charge is 0.0728 e. The molecule has 0 saturated carbocycles. The van der Waals surface area contributed by atoms with Crippen molar-refractivity contribution in [2.24, 2.45) is 0 Å². The highest BCUT2D eigenvalue weighted by atomic mass is 35.5. The molecule has 0 aromatic rings. The van der Waals surface area contributed by atoms with Crippen molar-refractivity contribution in [3.63, 3.8) is 0 Å². The quantitative estimate of drug-likeness (QED) is 0.530. The van der Waals surface area contributed by atoms with Crippen LogP contribution in [0, 0.1) is 0 Å². The molecule has 0 amide bonds. The zero-order chi connectivity index (χ0) is 6.73. The molecule has 0 atom stereocenters. The van der Waals surface area contributed by atoms with Gasteiger partial charge in [0.25, 0.3) is 0 Å². The second-order valence-corrected chi connectivity index (χ2v) is 2.65. The van der Waals surface area contributed by atoms with Gasteiger partial charge < -0.3 is 0 Å². The van der Waals surface area contributed by atoms with Gasteiger partial charge in [0.05, 0.1) is 10.1 Å². The largest absolute Gasteiger partial charge is 0.0878 e. The minimum absolute atomic E-state index is 0.277. The first-order valence-electron chi connectivity index (χ1n) is 1.92. The van der Waals surface area contributed by atoms with Gasteiger partial charge in [-0.3, -0.25) is 0 Å². The SMILES string of the molecule is C=C(Cl)/C(Cl)=C(\C)Cl. The Bertz CT molecular complexity index is 131. The van der Waals surface area contributed by atoms with Crippen LogP contribution in [0.25, 0.3) is 0 Å². The number of halogens is 3. The lowest BCUT2D eigenvalue weighted by atomic mass is 10.5. The first kappa shape index (κ1) is 8.35. The third kappa shape index (κ3) is 2.61. The Morgan fingerprint density at radius 2 is 1.62 bits per heavy atom. The van der Waals surface area contributed by atoms with E-state index in [9.17, 15) is 0 Å². The van der Waals surface area contributed by atoms with Crippen LogP contribution in [0.3, 0.4) is 0 Å².